The van der Waals surface area contributed by atoms with Gasteiger partial charge in [0.2, 0.25) is 5.91 Å². The first-order valence-corrected chi connectivity index (χ1v) is 14.9. The Kier molecular flexibility index (Phi) is 9.31. The molecule has 38 heavy (non-hydrogen) atoms. The molecule has 8 heteroatoms. The van der Waals surface area contributed by atoms with Gasteiger partial charge in [0.25, 0.3) is 0 Å². The SMILES string of the molecule is CS(=O)(=O)c1ccc(NC(=O)CC2CCN(CCN(CC(=O)c3ccccc3)c3ccccc3)CC2)cc1. The van der Waals surface area contributed by atoms with Crippen LogP contribution in [-0.2, 0) is 14.6 Å². The number of piperidine rings is 1. The molecule has 1 N–H and O–H groups in total. The summed E-state index contributed by atoms with van der Waals surface area (Å²) >= 11 is 0. The van der Waals surface area contributed by atoms with E-state index in [-0.39, 0.29) is 16.6 Å². The van der Waals surface area contributed by atoms with Gasteiger partial charge < -0.3 is 15.1 Å². The predicted octanol–water partition coefficient (Wildman–Crippen LogP) is 4.52. The lowest BCUT2D eigenvalue weighted by molar-refractivity contribution is -0.117. The average Bonchev–Trinajstić information content (AvgIpc) is 2.92. The van der Waals surface area contributed by atoms with E-state index < -0.39 is 9.84 Å². The summed E-state index contributed by atoms with van der Waals surface area (Å²) in [6.45, 7) is 3.75. The highest BCUT2D eigenvalue weighted by Gasteiger charge is 2.23. The van der Waals surface area contributed by atoms with Gasteiger partial charge in [-0.25, -0.2) is 8.42 Å². The maximum Gasteiger partial charge on any atom is 0.224 e. The lowest BCUT2D eigenvalue weighted by Crippen LogP contribution is -2.41. The zero-order valence-corrected chi connectivity index (χ0v) is 22.6. The molecule has 0 radical (unpaired) electrons. The Morgan fingerprint density at radius 1 is 0.895 bits per heavy atom. The number of hydrogen-bond acceptors (Lipinski definition) is 6. The average molecular weight is 534 g/mol. The molecule has 1 saturated heterocycles. The largest absolute Gasteiger partial charge is 0.363 e. The quantitative estimate of drug-likeness (QED) is 0.365. The molecular weight excluding hydrogens is 498 g/mol. The van der Waals surface area contributed by atoms with Crippen molar-refractivity contribution in [3.8, 4) is 0 Å². The number of rotatable bonds is 11. The first kappa shape index (κ1) is 27.5. The second-order valence-electron chi connectivity index (χ2n) is 9.88. The van der Waals surface area contributed by atoms with E-state index in [1.807, 2.05) is 60.7 Å². The van der Waals surface area contributed by atoms with E-state index in [1.54, 1.807) is 12.1 Å². The van der Waals surface area contributed by atoms with Gasteiger partial charge in [-0.2, -0.15) is 0 Å². The number of anilines is 2. The van der Waals surface area contributed by atoms with Crippen LogP contribution in [0, 0.1) is 5.92 Å². The number of likely N-dealkylation sites (tertiary alicyclic amines) is 1. The molecule has 0 aromatic heterocycles. The molecule has 4 rings (SSSR count). The first-order chi connectivity index (χ1) is 18.3. The Hall–Kier alpha value is -3.49. The summed E-state index contributed by atoms with van der Waals surface area (Å²) in [7, 11) is -3.26. The van der Waals surface area contributed by atoms with Crippen molar-refractivity contribution < 1.29 is 18.0 Å². The van der Waals surface area contributed by atoms with Crippen LogP contribution in [0.1, 0.15) is 29.6 Å². The minimum absolute atomic E-state index is 0.0507. The molecule has 0 unspecified atom stereocenters. The van der Waals surface area contributed by atoms with Crippen LogP contribution >= 0.6 is 0 Å². The Morgan fingerprint density at radius 2 is 1.50 bits per heavy atom. The molecule has 3 aromatic carbocycles. The summed E-state index contributed by atoms with van der Waals surface area (Å²) in [5.41, 5.74) is 2.36. The molecule has 1 heterocycles. The molecule has 0 aliphatic carbocycles. The number of ketones is 1. The van der Waals surface area contributed by atoms with Crippen LogP contribution in [0.25, 0.3) is 0 Å². The molecule has 1 aliphatic heterocycles. The van der Waals surface area contributed by atoms with Crippen molar-refractivity contribution in [3.05, 3.63) is 90.5 Å². The number of nitrogens with one attached hydrogen (secondary N) is 1. The summed E-state index contributed by atoms with van der Waals surface area (Å²) in [6, 6.07) is 25.7. The molecule has 0 spiro atoms. The molecule has 0 saturated carbocycles. The molecule has 0 atom stereocenters. The third-order valence-corrected chi connectivity index (χ3v) is 8.11. The Labute approximate surface area is 225 Å². The van der Waals surface area contributed by atoms with E-state index in [2.05, 4.69) is 15.1 Å². The monoisotopic (exact) mass is 533 g/mol. The number of Topliss-reactive ketones (excluding diaryl/α,β-unsaturated/α-hetero) is 1. The van der Waals surface area contributed by atoms with Gasteiger partial charge in [0.15, 0.2) is 15.6 Å². The number of para-hydroxylation sites is 1. The van der Waals surface area contributed by atoms with Crippen molar-refractivity contribution in [2.45, 2.75) is 24.2 Å². The van der Waals surface area contributed by atoms with Crippen molar-refractivity contribution in [2.24, 2.45) is 5.92 Å². The summed E-state index contributed by atoms with van der Waals surface area (Å²) in [4.78, 5) is 30.2. The first-order valence-electron chi connectivity index (χ1n) is 13.0. The topological polar surface area (TPSA) is 86.8 Å². The van der Waals surface area contributed by atoms with E-state index in [4.69, 9.17) is 0 Å². The van der Waals surface area contributed by atoms with Gasteiger partial charge in [-0.1, -0.05) is 48.5 Å². The highest BCUT2D eigenvalue weighted by atomic mass is 32.2. The Bertz CT molecular complexity index is 1300. The van der Waals surface area contributed by atoms with E-state index in [0.29, 0.717) is 24.6 Å². The van der Waals surface area contributed by atoms with E-state index in [1.165, 1.54) is 12.1 Å². The molecule has 1 fully saturated rings. The minimum atomic E-state index is -3.26. The standard InChI is InChI=1S/C30H35N3O4S/c1-38(36,37)28-14-12-26(13-15-28)31-30(35)22-24-16-18-32(19-17-24)20-21-33(27-10-6-3-7-11-27)23-29(34)25-8-4-2-5-9-25/h2-15,24H,16-23H2,1H3,(H,31,35). The van der Waals surface area contributed by atoms with E-state index in [0.717, 1.165) is 56.5 Å². The summed E-state index contributed by atoms with van der Waals surface area (Å²) in [5.74, 6) is 0.363. The van der Waals surface area contributed by atoms with Gasteiger partial charge in [-0.15, -0.1) is 0 Å². The smallest absolute Gasteiger partial charge is 0.224 e. The lowest BCUT2D eigenvalue weighted by Gasteiger charge is -2.34. The van der Waals surface area contributed by atoms with Crippen LogP contribution in [0.15, 0.2) is 89.8 Å². The van der Waals surface area contributed by atoms with Crippen molar-refractivity contribution in [1.29, 1.82) is 0 Å². The van der Waals surface area contributed by atoms with Crippen LogP contribution in [0.3, 0.4) is 0 Å². The number of nitrogens with zero attached hydrogens (tertiary/aromatic N) is 2. The van der Waals surface area contributed by atoms with Gasteiger partial charge in [0.05, 0.1) is 11.4 Å². The zero-order valence-electron chi connectivity index (χ0n) is 21.8. The summed E-state index contributed by atoms with van der Waals surface area (Å²) in [6.07, 6.45) is 3.49. The second-order valence-corrected chi connectivity index (χ2v) is 11.9. The van der Waals surface area contributed by atoms with Crippen LogP contribution in [0.4, 0.5) is 11.4 Å². The Balaban J connectivity index is 1.25. The van der Waals surface area contributed by atoms with Crippen LogP contribution < -0.4 is 10.2 Å². The highest BCUT2D eigenvalue weighted by molar-refractivity contribution is 7.90. The van der Waals surface area contributed by atoms with Crippen molar-refractivity contribution >= 4 is 32.9 Å². The minimum Gasteiger partial charge on any atom is -0.363 e. The normalized spacial score (nSPS) is 14.7. The van der Waals surface area contributed by atoms with Crippen LogP contribution in [0.5, 0.6) is 0 Å². The number of carbonyl (C=O) groups is 2. The maximum absolute atomic E-state index is 12.9. The van der Waals surface area contributed by atoms with Crippen molar-refractivity contribution in [1.82, 2.24) is 4.90 Å². The fourth-order valence-corrected chi connectivity index (χ4v) is 5.39. The number of amides is 1. The van der Waals surface area contributed by atoms with Gasteiger partial charge >= 0.3 is 0 Å². The molecular formula is C30H35N3O4S. The molecule has 1 aliphatic rings. The van der Waals surface area contributed by atoms with Gasteiger partial charge in [-0.05, 0) is 68.2 Å². The molecule has 7 nitrogen and oxygen atoms in total. The van der Waals surface area contributed by atoms with Crippen LogP contribution in [0.2, 0.25) is 0 Å². The predicted molar refractivity (Wildman–Crippen MR) is 151 cm³/mol. The van der Waals surface area contributed by atoms with Crippen molar-refractivity contribution in [2.75, 3.05) is 49.2 Å². The van der Waals surface area contributed by atoms with E-state index in [9.17, 15) is 18.0 Å². The highest BCUT2D eigenvalue weighted by Crippen LogP contribution is 2.22. The zero-order chi connectivity index (χ0) is 27.0. The number of sulfone groups is 1. The molecule has 3 aromatic rings. The fraction of sp³-hybridized carbons (Fsp3) is 0.333. The Morgan fingerprint density at radius 3 is 2.11 bits per heavy atom. The second kappa shape index (κ2) is 12.8. The van der Waals surface area contributed by atoms with Gasteiger partial charge in [-0.3, -0.25) is 9.59 Å². The fourth-order valence-electron chi connectivity index (χ4n) is 4.76. The van der Waals surface area contributed by atoms with Gasteiger partial charge in [0.1, 0.15) is 0 Å². The van der Waals surface area contributed by atoms with Crippen molar-refractivity contribution in [3.63, 3.8) is 0 Å². The number of benzene rings is 3. The van der Waals surface area contributed by atoms with E-state index >= 15 is 0 Å². The third-order valence-electron chi connectivity index (χ3n) is 6.99. The number of hydrogen-bond donors (Lipinski definition) is 1. The summed E-state index contributed by atoms with van der Waals surface area (Å²) in [5, 5.41) is 2.88. The lowest BCUT2D eigenvalue weighted by atomic mass is 9.93. The maximum atomic E-state index is 12.9. The van der Waals surface area contributed by atoms with Crippen LogP contribution in [-0.4, -0.2) is 64.0 Å². The molecule has 0 bridgehead atoms. The van der Waals surface area contributed by atoms with Gasteiger partial charge in [0, 0.05) is 42.7 Å². The molecule has 1 amide bonds. The third kappa shape index (κ3) is 8.00. The number of carbonyl (C=O) groups excluding carboxylic acids is 2. The molecule has 200 valence electrons. The summed E-state index contributed by atoms with van der Waals surface area (Å²) < 4.78 is 23.2.